The van der Waals surface area contributed by atoms with Crippen LogP contribution in [0.3, 0.4) is 0 Å². The van der Waals surface area contributed by atoms with Crippen LogP contribution in [-0.4, -0.2) is 4.92 Å². The molecule has 0 atom stereocenters. The van der Waals surface area contributed by atoms with Gasteiger partial charge in [-0.3, -0.25) is 15.2 Å². The smallest absolute Gasteiger partial charge is 0.277 e. The van der Waals surface area contributed by atoms with Crippen molar-refractivity contribution in [3.8, 4) is 0 Å². The molecule has 1 aromatic rings. The minimum atomic E-state index is -0.350. The molecule has 0 aliphatic rings. The van der Waals surface area contributed by atoms with Crippen molar-refractivity contribution in [1.82, 2.24) is 0 Å². The van der Waals surface area contributed by atoms with Crippen molar-refractivity contribution < 1.29 is 19.6 Å². The van der Waals surface area contributed by atoms with E-state index in [1.807, 2.05) is 47.6 Å². The Morgan fingerprint density at radius 2 is 1.59 bits per heavy atom. The van der Waals surface area contributed by atoms with Crippen LogP contribution in [0.5, 0.6) is 0 Å². The second-order valence-corrected chi connectivity index (χ2v) is 6.80. The fourth-order valence-electron chi connectivity index (χ4n) is 2.47. The number of hydrogen-bond donors (Lipinski definition) is 0. The summed E-state index contributed by atoms with van der Waals surface area (Å²) in [6, 6.07) is 1.84. The molecule has 0 radical (unpaired) electrons. The Kier molecular flexibility index (Phi) is 6.80. The van der Waals surface area contributed by atoms with Gasteiger partial charge in [-0.1, -0.05) is 41.5 Å². The van der Waals surface area contributed by atoms with Crippen LogP contribution in [-0.2, 0) is 9.37 Å². The highest BCUT2D eigenvalue weighted by Gasteiger charge is 2.30. The first-order valence-electron chi connectivity index (χ1n) is 7.20. The third-order valence-electron chi connectivity index (χ3n) is 3.50. The summed E-state index contributed by atoms with van der Waals surface area (Å²) in [6.07, 6.45) is 0. The minimum Gasteiger partial charge on any atom is -0.691 e. The Hall–Kier alpha value is -1.15. The lowest BCUT2D eigenvalue weighted by atomic mass is 9.87. The Morgan fingerprint density at radius 1 is 1.05 bits per heavy atom. The average Bonchev–Trinajstić information content (AvgIpc) is 2.42. The van der Waals surface area contributed by atoms with Crippen molar-refractivity contribution in [2.45, 2.75) is 64.2 Å². The first-order valence-corrected chi connectivity index (χ1v) is 7.94. The van der Waals surface area contributed by atoms with Gasteiger partial charge >= 0.3 is 0 Å². The maximum Gasteiger partial charge on any atom is 0.277 e. The number of nitrogens with zero attached hydrogens (tertiary/aromatic N) is 1. The lowest BCUT2D eigenvalue weighted by Crippen LogP contribution is -2.10. The van der Waals surface area contributed by atoms with Gasteiger partial charge in [0.05, 0.1) is 21.9 Å². The Bertz CT molecular complexity index is 543. The Labute approximate surface area is 135 Å². The van der Waals surface area contributed by atoms with E-state index in [0.29, 0.717) is 16.0 Å². The molecule has 0 aliphatic heterocycles. The highest BCUT2D eigenvalue weighted by molar-refractivity contribution is 7.94. The molecule has 0 heterocycles. The average molecular weight is 328 g/mol. The van der Waals surface area contributed by atoms with Gasteiger partial charge in [-0.15, -0.1) is 0 Å². The lowest BCUT2D eigenvalue weighted by Gasteiger charge is -2.22. The van der Waals surface area contributed by atoms with Crippen molar-refractivity contribution in [3.05, 3.63) is 32.9 Å². The molecule has 7 heteroatoms. The number of nitro benzene ring substituents is 1. The van der Waals surface area contributed by atoms with E-state index in [4.69, 9.17) is 0 Å². The maximum atomic E-state index is 11.6. The van der Waals surface area contributed by atoms with Crippen molar-refractivity contribution in [2.24, 2.45) is 0 Å². The summed E-state index contributed by atoms with van der Waals surface area (Å²) >= 11 is 0.743. The van der Waals surface area contributed by atoms with Gasteiger partial charge < -0.3 is 5.26 Å². The molecule has 0 N–H and O–H groups in total. The topological polar surface area (TPSA) is 84.7 Å². The predicted molar refractivity (Wildman–Crippen MR) is 83.4 cm³/mol. The van der Waals surface area contributed by atoms with Gasteiger partial charge in [-0.2, -0.15) is 4.33 Å². The molecule has 22 heavy (non-hydrogen) atoms. The van der Waals surface area contributed by atoms with E-state index in [1.165, 1.54) is 0 Å². The van der Waals surface area contributed by atoms with Crippen LogP contribution in [0.15, 0.2) is 11.0 Å². The normalized spacial score (nSPS) is 11.7. The van der Waals surface area contributed by atoms with E-state index in [2.05, 4.69) is 9.37 Å². The maximum absolute atomic E-state index is 11.6. The van der Waals surface area contributed by atoms with Gasteiger partial charge in [0.2, 0.25) is 0 Å². The zero-order chi connectivity index (χ0) is 17.0. The SMILES string of the molecule is CC(C)c1cc(C(C)C)c([N+](=O)[O-])c(C(C)C)c1SOO[O-]. The standard InChI is InChI=1S/C15H23NO5S/c1-8(2)11-7-12(9(3)4)15(22-21-20-19)13(10(5)6)14(11)16(17)18/h7-10,19H,1-6H3/p-1. The second kappa shape index (κ2) is 7.92. The predicted octanol–water partition coefficient (Wildman–Crippen LogP) is 4.20. The fraction of sp³-hybridized carbons (Fsp3) is 0.600. The molecule has 0 unspecified atom stereocenters. The molecule has 0 spiro atoms. The fourth-order valence-corrected chi connectivity index (χ4v) is 3.38. The molecule has 0 aliphatic carbocycles. The van der Waals surface area contributed by atoms with Gasteiger partial charge in [-0.05, 0) is 29.4 Å². The molecule has 0 bridgehead atoms. The summed E-state index contributed by atoms with van der Waals surface area (Å²) in [5.74, 6) is 0.0639. The van der Waals surface area contributed by atoms with Crippen molar-refractivity contribution in [3.63, 3.8) is 0 Å². The van der Waals surface area contributed by atoms with Gasteiger partial charge in [0, 0.05) is 11.1 Å². The molecule has 0 amide bonds. The zero-order valence-electron chi connectivity index (χ0n) is 13.7. The van der Waals surface area contributed by atoms with Crippen LogP contribution < -0.4 is 5.26 Å². The molecule has 6 nitrogen and oxygen atoms in total. The summed E-state index contributed by atoms with van der Waals surface area (Å²) in [5.41, 5.74) is 2.30. The van der Waals surface area contributed by atoms with Gasteiger partial charge in [0.1, 0.15) is 0 Å². The molecule has 124 valence electrons. The first-order chi connectivity index (χ1) is 10.2. The molecular formula is C15H22NO5S-. The summed E-state index contributed by atoms with van der Waals surface area (Å²) in [5, 5.41) is 25.2. The molecule has 0 fully saturated rings. The highest BCUT2D eigenvalue weighted by Crippen LogP contribution is 2.45. The summed E-state index contributed by atoms with van der Waals surface area (Å²) in [7, 11) is 0. The number of benzene rings is 1. The third-order valence-corrected chi connectivity index (χ3v) is 4.24. The zero-order valence-corrected chi connectivity index (χ0v) is 14.5. The van der Waals surface area contributed by atoms with E-state index in [1.54, 1.807) is 0 Å². The van der Waals surface area contributed by atoms with Crippen LogP contribution in [0.4, 0.5) is 5.69 Å². The molecule has 0 saturated heterocycles. The number of nitro groups is 1. The monoisotopic (exact) mass is 328 g/mol. The van der Waals surface area contributed by atoms with Gasteiger partial charge in [0.15, 0.2) is 0 Å². The third kappa shape index (κ3) is 3.98. The minimum absolute atomic E-state index is 0.0196. The van der Waals surface area contributed by atoms with Crippen molar-refractivity contribution >= 4 is 17.7 Å². The van der Waals surface area contributed by atoms with Crippen molar-refractivity contribution in [2.75, 3.05) is 0 Å². The number of hydrogen-bond acceptors (Lipinski definition) is 6. The van der Waals surface area contributed by atoms with E-state index in [-0.39, 0.29) is 28.4 Å². The largest absolute Gasteiger partial charge is 0.691 e. The Balaban J connectivity index is 3.77. The quantitative estimate of drug-likeness (QED) is 0.323. The summed E-state index contributed by atoms with van der Waals surface area (Å²) < 4.78 is 4.47. The second-order valence-electron chi connectivity index (χ2n) is 6.09. The lowest BCUT2D eigenvalue weighted by molar-refractivity contribution is -0.777. The summed E-state index contributed by atoms with van der Waals surface area (Å²) in [6.45, 7) is 11.6. The molecule has 0 saturated carbocycles. The number of rotatable bonds is 7. The van der Waals surface area contributed by atoms with Gasteiger partial charge in [-0.25, -0.2) is 0 Å². The van der Waals surface area contributed by atoms with Crippen LogP contribution in [0.25, 0.3) is 0 Å². The van der Waals surface area contributed by atoms with E-state index < -0.39 is 0 Å². The first kappa shape index (κ1) is 18.9. The van der Waals surface area contributed by atoms with Crippen LogP contribution in [0.2, 0.25) is 0 Å². The highest BCUT2D eigenvalue weighted by atomic mass is 32.2. The molecule has 1 aromatic carbocycles. The summed E-state index contributed by atoms with van der Waals surface area (Å²) in [4.78, 5) is 11.9. The van der Waals surface area contributed by atoms with Crippen molar-refractivity contribution in [1.29, 1.82) is 0 Å². The molecule has 1 rings (SSSR count). The van der Waals surface area contributed by atoms with Crippen LogP contribution in [0, 0.1) is 10.1 Å². The molecular weight excluding hydrogens is 306 g/mol. The molecule has 0 aromatic heterocycles. The van der Waals surface area contributed by atoms with E-state index >= 15 is 0 Å². The van der Waals surface area contributed by atoms with Crippen LogP contribution >= 0.6 is 12.0 Å². The Morgan fingerprint density at radius 3 is 1.95 bits per heavy atom. The van der Waals surface area contributed by atoms with E-state index in [0.717, 1.165) is 17.6 Å². The van der Waals surface area contributed by atoms with Crippen LogP contribution in [0.1, 0.15) is 76.0 Å². The van der Waals surface area contributed by atoms with E-state index in [9.17, 15) is 15.4 Å². The van der Waals surface area contributed by atoms with Gasteiger partial charge in [0.25, 0.3) is 5.69 Å².